The van der Waals surface area contributed by atoms with E-state index in [0.717, 1.165) is 0 Å². The Hall–Kier alpha value is 0.423. The molecule has 0 aromatic rings. The molecule has 0 saturated carbocycles. The van der Waals surface area contributed by atoms with Gasteiger partial charge in [-0.3, -0.25) is 12.2 Å². The van der Waals surface area contributed by atoms with Crippen LogP contribution in [0, 0.1) is 23.5 Å². The van der Waals surface area contributed by atoms with Crippen LogP contribution in [0.15, 0.2) is 33.4 Å². The van der Waals surface area contributed by atoms with Gasteiger partial charge in [-0.25, -0.2) is 11.1 Å². The maximum Gasteiger partial charge on any atom is 2.00 e. The van der Waals surface area contributed by atoms with E-state index in [2.05, 4.69) is 74.5 Å². The van der Waals surface area contributed by atoms with Crippen molar-refractivity contribution in [2.75, 3.05) is 0 Å². The van der Waals surface area contributed by atoms with Gasteiger partial charge in [0.25, 0.3) is 0 Å². The molecular formula is C19H30Cl2Zr. The van der Waals surface area contributed by atoms with E-state index in [4.69, 9.17) is 0 Å². The number of allylic oxidation sites excluding steroid dienone is 8. The van der Waals surface area contributed by atoms with Crippen molar-refractivity contribution in [2.24, 2.45) is 11.3 Å². The summed E-state index contributed by atoms with van der Waals surface area (Å²) in [7, 11) is 0. The molecule has 124 valence electrons. The maximum absolute atomic E-state index is 3.44. The quantitative estimate of drug-likeness (QED) is 0.384. The van der Waals surface area contributed by atoms with Crippen LogP contribution in [0.25, 0.3) is 0 Å². The molecule has 0 N–H and O–H groups in total. The number of hydrogen-bond donors (Lipinski definition) is 0. The number of hydrogen-bond acceptors (Lipinski definition) is 0. The standard InChI is InChI=1S/C10H15.C9H13.2ClH.Zr/c1-7-6-10(4,5)9(3)8(7)2;1-6-5-7(2)9(4)8(6)3;;;/h1-5H3;6H,1-4H3;2*1H;/q2*-1;;;+2. The van der Waals surface area contributed by atoms with Crippen LogP contribution < -0.4 is 0 Å². The van der Waals surface area contributed by atoms with Crippen LogP contribution in [0.4, 0.5) is 0 Å². The molecule has 2 rings (SSSR count). The molecule has 2 aliphatic carbocycles. The number of halogens is 2. The third-order valence-corrected chi connectivity index (χ3v) is 4.80. The third kappa shape index (κ3) is 6.14. The van der Waals surface area contributed by atoms with Gasteiger partial charge in [0.2, 0.25) is 0 Å². The van der Waals surface area contributed by atoms with Gasteiger partial charge in [0, 0.05) is 0 Å². The Kier molecular flexibility index (Phi) is 12.8. The topological polar surface area (TPSA) is 0 Å². The average Bonchev–Trinajstić information content (AvgIpc) is 2.63. The molecule has 0 aromatic heterocycles. The minimum Gasteiger partial charge on any atom is -0.266 e. The van der Waals surface area contributed by atoms with Crippen molar-refractivity contribution in [3.63, 3.8) is 0 Å². The summed E-state index contributed by atoms with van der Waals surface area (Å²) in [5.74, 6) is 0.560. The second-order valence-electron chi connectivity index (χ2n) is 6.42. The van der Waals surface area contributed by atoms with E-state index in [1.807, 2.05) is 0 Å². The molecular weight excluding hydrogens is 390 g/mol. The van der Waals surface area contributed by atoms with Crippen LogP contribution >= 0.6 is 24.8 Å². The van der Waals surface area contributed by atoms with Crippen LogP contribution in [0.5, 0.6) is 0 Å². The van der Waals surface area contributed by atoms with E-state index >= 15 is 0 Å². The summed E-state index contributed by atoms with van der Waals surface area (Å²) in [4.78, 5) is 0. The van der Waals surface area contributed by atoms with Gasteiger partial charge in [0.1, 0.15) is 0 Å². The molecule has 0 aromatic carbocycles. The van der Waals surface area contributed by atoms with Gasteiger partial charge in [-0.1, -0.05) is 59.8 Å². The minimum atomic E-state index is 0. The first kappa shape index (κ1) is 27.3. The van der Waals surface area contributed by atoms with Gasteiger partial charge in [0.05, 0.1) is 0 Å². The molecule has 3 heteroatoms. The van der Waals surface area contributed by atoms with E-state index < -0.39 is 0 Å². The summed E-state index contributed by atoms with van der Waals surface area (Å²) in [6.07, 6.45) is 6.79. The van der Waals surface area contributed by atoms with E-state index in [-0.39, 0.29) is 56.4 Å². The monoisotopic (exact) mass is 418 g/mol. The minimum absolute atomic E-state index is 0. The average molecular weight is 421 g/mol. The normalized spacial score (nSPS) is 21.8. The second kappa shape index (κ2) is 10.3. The molecule has 1 unspecified atom stereocenters. The second-order valence-corrected chi connectivity index (χ2v) is 6.42. The fraction of sp³-hybridized carbons (Fsp3) is 0.579. The first-order valence-corrected chi connectivity index (χ1v) is 7.15. The van der Waals surface area contributed by atoms with Crippen molar-refractivity contribution < 1.29 is 26.2 Å². The van der Waals surface area contributed by atoms with Gasteiger partial charge >= 0.3 is 26.2 Å². The van der Waals surface area contributed by atoms with Gasteiger partial charge in [0.15, 0.2) is 0 Å². The summed E-state index contributed by atoms with van der Waals surface area (Å²) >= 11 is 0. The van der Waals surface area contributed by atoms with Crippen LogP contribution in [0.2, 0.25) is 0 Å². The summed E-state index contributed by atoms with van der Waals surface area (Å²) in [6.45, 7) is 19.6. The van der Waals surface area contributed by atoms with Gasteiger partial charge < -0.3 is 0 Å². The maximum atomic E-state index is 3.44. The van der Waals surface area contributed by atoms with E-state index in [1.165, 1.54) is 33.4 Å². The molecule has 22 heavy (non-hydrogen) atoms. The zero-order valence-corrected chi connectivity index (χ0v) is 19.5. The largest absolute Gasteiger partial charge is 2.00 e. The Morgan fingerprint density at radius 1 is 0.818 bits per heavy atom. The first-order chi connectivity index (χ1) is 8.58. The van der Waals surface area contributed by atoms with Crippen molar-refractivity contribution in [2.45, 2.75) is 62.3 Å². The molecule has 0 saturated heterocycles. The fourth-order valence-corrected chi connectivity index (χ4v) is 2.57. The van der Waals surface area contributed by atoms with Crippen LogP contribution in [0.1, 0.15) is 62.3 Å². The Bertz CT molecular complexity index is 506. The Labute approximate surface area is 169 Å². The summed E-state index contributed by atoms with van der Waals surface area (Å²) in [5, 5.41) is 0. The van der Waals surface area contributed by atoms with Crippen molar-refractivity contribution in [1.29, 1.82) is 0 Å². The molecule has 1 atom stereocenters. The van der Waals surface area contributed by atoms with E-state index in [0.29, 0.717) is 5.92 Å². The first-order valence-electron chi connectivity index (χ1n) is 7.15. The SMILES string of the molecule is CC1=[C-]C(C)(C)C(C)=C1C.CC1=[C-]C(C)C(C)=C1C.Cl.Cl.[Zr+2]. The van der Waals surface area contributed by atoms with Gasteiger partial charge in [-0.2, -0.15) is 22.3 Å². The Morgan fingerprint density at radius 3 is 1.36 bits per heavy atom. The molecule has 0 heterocycles. The summed E-state index contributed by atoms with van der Waals surface area (Å²) in [6, 6.07) is 0. The zero-order valence-electron chi connectivity index (χ0n) is 15.4. The van der Waals surface area contributed by atoms with Crippen LogP contribution in [-0.2, 0) is 26.2 Å². The van der Waals surface area contributed by atoms with Crippen LogP contribution in [0.3, 0.4) is 0 Å². The molecule has 2 aliphatic rings. The predicted octanol–water partition coefficient (Wildman–Crippen LogP) is 6.68. The van der Waals surface area contributed by atoms with Crippen molar-refractivity contribution in [3.8, 4) is 0 Å². The smallest absolute Gasteiger partial charge is 0.266 e. The molecule has 0 spiro atoms. The molecule has 0 amide bonds. The van der Waals surface area contributed by atoms with Crippen molar-refractivity contribution in [3.05, 3.63) is 45.6 Å². The van der Waals surface area contributed by atoms with Gasteiger partial charge in [-0.05, 0) is 0 Å². The molecule has 0 aliphatic heterocycles. The van der Waals surface area contributed by atoms with Gasteiger partial charge in [-0.15, -0.1) is 38.7 Å². The Morgan fingerprint density at radius 2 is 1.27 bits per heavy atom. The molecule has 0 bridgehead atoms. The third-order valence-electron chi connectivity index (χ3n) is 4.80. The van der Waals surface area contributed by atoms with Crippen molar-refractivity contribution >= 4 is 24.8 Å². The van der Waals surface area contributed by atoms with E-state index in [9.17, 15) is 0 Å². The Balaban J connectivity index is -0.000000290. The molecule has 0 radical (unpaired) electrons. The number of rotatable bonds is 0. The summed E-state index contributed by atoms with van der Waals surface area (Å²) in [5.41, 5.74) is 8.64. The molecule has 0 fully saturated rings. The predicted molar refractivity (Wildman–Crippen MR) is 99.0 cm³/mol. The molecule has 0 nitrogen and oxygen atoms in total. The fourth-order valence-electron chi connectivity index (χ4n) is 2.57. The zero-order chi connectivity index (χ0) is 15.0. The van der Waals surface area contributed by atoms with Crippen molar-refractivity contribution in [1.82, 2.24) is 0 Å². The van der Waals surface area contributed by atoms with Crippen LogP contribution in [-0.4, -0.2) is 0 Å². The summed E-state index contributed by atoms with van der Waals surface area (Å²) < 4.78 is 0. The van der Waals surface area contributed by atoms with E-state index in [1.54, 1.807) is 0 Å².